The number of fused-ring (bicyclic) bond motifs is 1. The number of carbonyl (C=O) groups is 1. The number of hydrogen-bond acceptors (Lipinski definition) is 6. The van der Waals surface area contributed by atoms with Crippen LogP contribution in [0.15, 0.2) is 35.0 Å². The predicted octanol–water partition coefficient (Wildman–Crippen LogP) is 3.37. The van der Waals surface area contributed by atoms with Gasteiger partial charge in [0.1, 0.15) is 6.10 Å². The number of rotatable bonds is 5. The normalized spacial score (nSPS) is 28.9. The lowest BCUT2D eigenvalue weighted by molar-refractivity contribution is -0.167. The van der Waals surface area contributed by atoms with Gasteiger partial charge in [-0.1, -0.05) is 12.1 Å². The van der Waals surface area contributed by atoms with Gasteiger partial charge in [0, 0.05) is 6.04 Å². The molecule has 0 bridgehead atoms. The van der Waals surface area contributed by atoms with Gasteiger partial charge in [0.2, 0.25) is 5.60 Å². The van der Waals surface area contributed by atoms with Gasteiger partial charge in [0.15, 0.2) is 0 Å². The molecule has 25 heavy (non-hydrogen) atoms. The van der Waals surface area contributed by atoms with Gasteiger partial charge in [0.25, 0.3) is 0 Å². The first-order valence-electron chi connectivity index (χ1n) is 8.80. The van der Waals surface area contributed by atoms with E-state index in [2.05, 4.69) is 5.32 Å². The molecule has 4 rings (SSSR count). The molecule has 0 amide bonds. The second-order valence-corrected chi connectivity index (χ2v) is 9.04. The van der Waals surface area contributed by atoms with Crippen LogP contribution in [0.5, 0.6) is 0 Å². The number of carbonyl (C=O) groups excluding carboxylic acids is 1. The number of nitrogens with one attached hydrogen (secondary N) is 1. The van der Waals surface area contributed by atoms with Gasteiger partial charge < -0.3 is 15.2 Å². The van der Waals surface area contributed by atoms with E-state index in [1.165, 1.54) is 22.7 Å². The van der Waals surface area contributed by atoms with Crippen LogP contribution in [-0.4, -0.2) is 30.3 Å². The summed E-state index contributed by atoms with van der Waals surface area (Å²) in [7, 11) is 2.02. The summed E-state index contributed by atoms with van der Waals surface area (Å²) in [6.45, 7) is 0. The third-order valence-electron chi connectivity index (χ3n) is 5.71. The van der Waals surface area contributed by atoms with E-state index in [0.717, 1.165) is 25.7 Å². The molecule has 4 nitrogen and oxygen atoms in total. The number of ether oxygens (including phenoxy) is 1. The fourth-order valence-corrected chi connectivity index (χ4v) is 6.14. The molecule has 2 fully saturated rings. The quantitative estimate of drug-likeness (QED) is 0.785. The molecular weight excluding hydrogens is 354 g/mol. The Hall–Kier alpha value is -1.21. The van der Waals surface area contributed by atoms with E-state index in [1.807, 2.05) is 29.9 Å². The first-order valence-corrected chi connectivity index (χ1v) is 10.6. The highest BCUT2D eigenvalue weighted by Gasteiger charge is 2.48. The lowest BCUT2D eigenvalue weighted by Gasteiger charge is -2.26. The molecule has 134 valence electrons. The highest BCUT2D eigenvalue weighted by molar-refractivity contribution is 7.12. The van der Waals surface area contributed by atoms with Gasteiger partial charge in [-0.15, -0.1) is 22.7 Å². The van der Waals surface area contributed by atoms with Crippen molar-refractivity contribution < 1.29 is 14.6 Å². The van der Waals surface area contributed by atoms with Crippen molar-refractivity contribution in [1.29, 1.82) is 0 Å². The van der Waals surface area contributed by atoms with E-state index in [9.17, 15) is 9.90 Å². The molecule has 0 saturated heterocycles. The summed E-state index contributed by atoms with van der Waals surface area (Å²) in [5.41, 5.74) is -1.69. The van der Waals surface area contributed by atoms with Gasteiger partial charge in [-0.3, -0.25) is 0 Å². The molecule has 0 aliphatic heterocycles. The van der Waals surface area contributed by atoms with Crippen molar-refractivity contribution in [1.82, 2.24) is 5.32 Å². The Kier molecular flexibility index (Phi) is 4.71. The lowest BCUT2D eigenvalue weighted by Crippen LogP contribution is -2.39. The Bertz CT molecular complexity index is 665. The molecule has 2 heterocycles. The first kappa shape index (κ1) is 17.2. The smallest absolute Gasteiger partial charge is 0.349 e. The molecule has 0 radical (unpaired) electrons. The molecule has 2 aliphatic carbocycles. The number of esters is 1. The van der Waals surface area contributed by atoms with Crippen molar-refractivity contribution in [3.63, 3.8) is 0 Å². The van der Waals surface area contributed by atoms with Gasteiger partial charge >= 0.3 is 5.97 Å². The second-order valence-electron chi connectivity index (χ2n) is 7.14. The van der Waals surface area contributed by atoms with Crippen molar-refractivity contribution in [3.05, 3.63) is 44.8 Å². The van der Waals surface area contributed by atoms with E-state index in [0.29, 0.717) is 27.6 Å². The van der Waals surface area contributed by atoms with Crippen LogP contribution >= 0.6 is 22.7 Å². The van der Waals surface area contributed by atoms with Crippen molar-refractivity contribution in [2.75, 3.05) is 7.05 Å². The highest BCUT2D eigenvalue weighted by atomic mass is 32.1. The molecule has 2 aromatic heterocycles. The average molecular weight is 378 g/mol. The molecule has 2 aromatic rings. The Labute approximate surface area is 155 Å². The largest absolute Gasteiger partial charge is 0.460 e. The van der Waals surface area contributed by atoms with Crippen LogP contribution in [-0.2, 0) is 15.1 Å². The second kappa shape index (κ2) is 6.83. The fourth-order valence-electron chi connectivity index (χ4n) is 4.42. The number of aliphatic hydroxyl groups is 1. The zero-order chi connectivity index (χ0) is 17.4. The monoisotopic (exact) mass is 377 g/mol. The summed E-state index contributed by atoms with van der Waals surface area (Å²) < 4.78 is 5.83. The van der Waals surface area contributed by atoms with Crippen molar-refractivity contribution >= 4 is 28.6 Å². The SMILES string of the molecule is CNC1C[C@@H]2CC(OC(=O)C(O)(c3cccs3)c3cccs3)C[C@@H]2C1. The minimum Gasteiger partial charge on any atom is -0.460 e. The van der Waals surface area contributed by atoms with E-state index in [4.69, 9.17) is 4.74 Å². The Morgan fingerprint density at radius 2 is 1.68 bits per heavy atom. The van der Waals surface area contributed by atoms with Crippen LogP contribution in [0.25, 0.3) is 0 Å². The molecule has 2 N–H and O–H groups in total. The maximum absolute atomic E-state index is 13.0. The fraction of sp³-hybridized carbons (Fsp3) is 0.526. The third kappa shape index (κ3) is 3.05. The molecular formula is C19H23NO3S2. The predicted molar refractivity (Wildman–Crippen MR) is 99.8 cm³/mol. The standard InChI is InChI=1S/C19H23NO3S2/c1-20-14-8-12-10-15(11-13(12)9-14)23-18(21)19(22,16-4-2-6-24-16)17-5-3-7-25-17/h2-7,12-15,20,22H,8-11H2,1H3/t12-,13+,14?,15?. The van der Waals surface area contributed by atoms with Crippen LogP contribution < -0.4 is 5.32 Å². The van der Waals surface area contributed by atoms with Crippen LogP contribution in [0.2, 0.25) is 0 Å². The summed E-state index contributed by atoms with van der Waals surface area (Å²) in [6, 6.07) is 7.90. The minimum atomic E-state index is -1.69. The Morgan fingerprint density at radius 3 is 2.12 bits per heavy atom. The molecule has 6 heteroatoms. The number of hydrogen-bond donors (Lipinski definition) is 2. The van der Waals surface area contributed by atoms with Gasteiger partial charge in [-0.25, -0.2) is 4.79 Å². The Balaban J connectivity index is 1.50. The van der Waals surface area contributed by atoms with Crippen LogP contribution in [0.3, 0.4) is 0 Å². The molecule has 2 saturated carbocycles. The van der Waals surface area contributed by atoms with Crippen molar-refractivity contribution in [3.8, 4) is 0 Å². The number of thiophene rings is 2. The minimum absolute atomic E-state index is 0.0771. The molecule has 0 spiro atoms. The van der Waals surface area contributed by atoms with Crippen LogP contribution in [0.4, 0.5) is 0 Å². The van der Waals surface area contributed by atoms with Gasteiger partial charge in [0.05, 0.1) is 9.75 Å². The summed E-state index contributed by atoms with van der Waals surface area (Å²) in [5, 5.41) is 18.4. The van der Waals surface area contributed by atoms with Crippen LogP contribution in [0, 0.1) is 11.8 Å². The van der Waals surface area contributed by atoms with Crippen molar-refractivity contribution in [2.45, 2.75) is 43.4 Å². The molecule has 2 unspecified atom stereocenters. The summed E-state index contributed by atoms with van der Waals surface area (Å²) in [5.74, 6) is 0.728. The maximum atomic E-state index is 13.0. The van der Waals surface area contributed by atoms with Gasteiger partial charge in [-0.2, -0.15) is 0 Å². The summed E-state index contributed by atoms with van der Waals surface area (Å²) >= 11 is 2.76. The van der Waals surface area contributed by atoms with E-state index < -0.39 is 11.6 Å². The first-order chi connectivity index (χ1) is 12.1. The Morgan fingerprint density at radius 1 is 1.12 bits per heavy atom. The molecule has 0 aromatic carbocycles. The van der Waals surface area contributed by atoms with Gasteiger partial charge in [-0.05, 0) is 67.5 Å². The van der Waals surface area contributed by atoms with Crippen molar-refractivity contribution in [2.24, 2.45) is 11.8 Å². The molecule has 2 aliphatic rings. The van der Waals surface area contributed by atoms with E-state index in [-0.39, 0.29) is 6.10 Å². The van der Waals surface area contributed by atoms with E-state index >= 15 is 0 Å². The zero-order valence-corrected chi connectivity index (χ0v) is 15.8. The topological polar surface area (TPSA) is 58.6 Å². The summed E-state index contributed by atoms with van der Waals surface area (Å²) in [6.07, 6.45) is 4.08. The zero-order valence-electron chi connectivity index (χ0n) is 14.2. The van der Waals surface area contributed by atoms with E-state index in [1.54, 1.807) is 12.1 Å². The maximum Gasteiger partial charge on any atom is 0.349 e. The molecule has 4 atom stereocenters. The summed E-state index contributed by atoms with van der Waals surface area (Å²) in [4.78, 5) is 14.2. The highest BCUT2D eigenvalue weighted by Crippen LogP contribution is 2.46. The average Bonchev–Trinajstić information content (AvgIpc) is 3.36. The lowest BCUT2D eigenvalue weighted by atomic mass is 10.00. The third-order valence-corrected chi connectivity index (χ3v) is 7.66. The van der Waals surface area contributed by atoms with Crippen LogP contribution in [0.1, 0.15) is 35.4 Å².